The molecular formula is C21H24N4O3S. The van der Waals surface area contributed by atoms with Gasteiger partial charge in [0.25, 0.3) is 11.8 Å². The van der Waals surface area contributed by atoms with Crippen LogP contribution in [0.1, 0.15) is 55.5 Å². The summed E-state index contributed by atoms with van der Waals surface area (Å²) in [4.78, 5) is 28.1. The minimum Gasteiger partial charge on any atom is -0.467 e. The Morgan fingerprint density at radius 3 is 2.62 bits per heavy atom. The molecule has 2 heterocycles. The molecule has 2 amide bonds. The van der Waals surface area contributed by atoms with Crippen molar-refractivity contribution < 1.29 is 14.0 Å². The molecule has 8 heteroatoms. The highest BCUT2D eigenvalue weighted by molar-refractivity contribution is 7.03. The zero-order valence-electron chi connectivity index (χ0n) is 16.9. The van der Waals surface area contributed by atoms with Crippen LogP contribution in [0, 0.1) is 0 Å². The van der Waals surface area contributed by atoms with Gasteiger partial charge in [-0.2, -0.15) is 0 Å². The smallest absolute Gasteiger partial charge is 0.280 e. The lowest BCUT2D eigenvalue weighted by atomic mass is 10.0. The molecule has 29 heavy (non-hydrogen) atoms. The van der Waals surface area contributed by atoms with Gasteiger partial charge in [-0.15, -0.1) is 5.10 Å². The Kier molecular flexibility index (Phi) is 6.12. The average Bonchev–Trinajstić information content (AvgIpc) is 3.37. The van der Waals surface area contributed by atoms with Gasteiger partial charge in [-0.3, -0.25) is 14.5 Å². The SMILES string of the molecule is CCc1cccc(N(C(=O)c2csnn2)C(C(=O)NC(C)(C)C)c2ccco2)c1. The summed E-state index contributed by atoms with van der Waals surface area (Å²) in [6.45, 7) is 7.70. The van der Waals surface area contributed by atoms with E-state index < -0.39 is 17.5 Å². The van der Waals surface area contributed by atoms with Crippen molar-refractivity contribution in [1.82, 2.24) is 14.9 Å². The standard InChI is InChI=1S/C21H24N4O3S/c1-5-14-8-6-9-15(12-14)25(20(27)16-13-29-24-23-16)18(17-10-7-11-28-17)19(26)22-21(2,3)4/h6-13,18H,5H2,1-4H3,(H,22,26). The first kappa shape index (κ1) is 20.7. The third-order valence-electron chi connectivity index (χ3n) is 4.21. The lowest BCUT2D eigenvalue weighted by Crippen LogP contribution is -2.49. The van der Waals surface area contributed by atoms with E-state index in [2.05, 4.69) is 14.9 Å². The number of rotatable bonds is 6. The third kappa shape index (κ3) is 4.89. The maximum atomic E-state index is 13.4. The van der Waals surface area contributed by atoms with Gasteiger partial charge in [0.2, 0.25) is 0 Å². The van der Waals surface area contributed by atoms with Gasteiger partial charge in [-0.05, 0) is 68.6 Å². The quantitative estimate of drug-likeness (QED) is 0.661. The zero-order chi connectivity index (χ0) is 21.0. The van der Waals surface area contributed by atoms with Gasteiger partial charge in [-0.25, -0.2) is 0 Å². The fraction of sp³-hybridized carbons (Fsp3) is 0.333. The average molecular weight is 413 g/mol. The lowest BCUT2D eigenvalue weighted by Gasteiger charge is -2.32. The largest absolute Gasteiger partial charge is 0.467 e. The fourth-order valence-corrected chi connectivity index (χ4v) is 3.38. The minimum absolute atomic E-state index is 0.178. The van der Waals surface area contributed by atoms with E-state index in [9.17, 15) is 9.59 Å². The van der Waals surface area contributed by atoms with Crippen molar-refractivity contribution in [3.8, 4) is 0 Å². The molecule has 1 atom stereocenters. The maximum Gasteiger partial charge on any atom is 0.280 e. The molecule has 0 saturated carbocycles. The monoisotopic (exact) mass is 412 g/mol. The molecule has 0 aliphatic carbocycles. The van der Waals surface area contributed by atoms with Crippen LogP contribution in [0.15, 0.2) is 52.5 Å². The Morgan fingerprint density at radius 2 is 2.03 bits per heavy atom. The van der Waals surface area contributed by atoms with Crippen molar-refractivity contribution in [2.75, 3.05) is 4.90 Å². The Labute approximate surface area is 173 Å². The molecule has 0 fully saturated rings. The van der Waals surface area contributed by atoms with Crippen LogP contribution in [0.2, 0.25) is 0 Å². The van der Waals surface area contributed by atoms with E-state index in [0.29, 0.717) is 11.4 Å². The Morgan fingerprint density at radius 1 is 1.24 bits per heavy atom. The highest BCUT2D eigenvalue weighted by Gasteiger charge is 2.37. The van der Waals surface area contributed by atoms with Crippen molar-refractivity contribution in [2.45, 2.75) is 45.7 Å². The minimum atomic E-state index is -0.995. The van der Waals surface area contributed by atoms with Crippen LogP contribution < -0.4 is 10.2 Å². The number of amides is 2. The zero-order valence-corrected chi connectivity index (χ0v) is 17.7. The number of hydrogen-bond donors (Lipinski definition) is 1. The molecule has 3 rings (SSSR count). The number of nitrogens with zero attached hydrogens (tertiary/aromatic N) is 3. The molecule has 2 aromatic heterocycles. The molecule has 0 saturated heterocycles. The molecule has 0 bridgehead atoms. The Hall–Kier alpha value is -3.00. The predicted molar refractivity (Wildman–Crippen MR) is 112 cm³/mol. The van der Waals surface area contributed by atoms with Gasteiger partial charge in [0.1, 0.15) is 5.76 Å². The van der Waals surface area contributed by atoms with Gasteiger partial charge in [-0.1, -0.05) is 23.5 Å². The number of aromatic nitrogens is 2. The molecule has 0 radical (unpaired) electrons. The van der Waals surface area contributed by atoms with E-state index in [-0.39, 0.29) is 11.6 Å². The second-order valence-electron chi connectivity index (χ2n) is 7.65. The summed E-state index contributed by atoms with van der Waals surface area (Å²) in [5, 5.41) is 8.45. The normalized spacial score (nSPS) is 12.4. The molecule has 152 valence electrons. The van der Waals surface area contributed by atoms with Crippen LogP contribution in [0.25, 0.3) is 0 Å². The van der Waals surface area contributed by atoms with Gasteiger partial charge in [0, 0.05) is 16.6 Å². The molecule has 3 aromatic rings. The first-order chi connectivity index (χ1) is 13.8. The molecule has 0 aliphatic heterocycles. The van der Waals surface area contributed by atoms with E-state index in [1.807, 2.05) is 45.9 Å². The van der Waals surface area contributed by atoms with Crippen molar-refractivity contribution in [2.24, 2.45) is 0 Å². The predicted octanol–water partition coefficient (Wildman–Crippen LogP) is 4.00. The summed E-state index contributed by atoms with van der Waals surface area (Å²) in [6.07, 6.45) is 2.29. The number of furan rings is 1. The van der Waals surface area contributed by atoms with Crippen LogP contribution >= 0.6 is 11.5 Å². The summed E-state index contributed by atoms with van der Waals surface area (Å²) in [6, 6.07) is 9.95. The van der Waals surface area contributed by atoms with Crippen LogP contribution in [0.5, 0.6) is 0 Å². The second kappa shape index (κ2) is 8.57. The van der Waals surface area contributed by atoms with E-state index >= 15 is 0 Å². The van der Waals surface area contributed by atoms with Crippen LogP contribution in [-0.2, 0) is 11.2 Å². The fourth-order valence-electron chi connectivity index (χ4n) is 2.95. The van der Waals surface area contributed by atoms with Crippen molar-refractivity contribution in [3.63, 3.8) is 0 Å². The Bertz CT molecular complexity index is 962. The van der Waals surface area contributed by atoms with Gasteiger partial charge >= 0.3 is 0 Å². The first-order valence-corrected chi connectivity index (χ1v) is 10.2. The first-order valence-electron chi connectivity index (χ1n) is 9.35. The number of benzene rings is 1. The molecular weight excluding hydrogens is 388 g/mol. The topological polar surface area (TPSA) is 88.3 Å². The number of hydrogen-bond acceptors (Lipinski definition) is 6. The van der Waals surface area contributed by atoms with Gasteiger partial charge < -0.3 is 9.73 Å². The van der Waals surface area contributed by atoms with Crippen molar-refractivity contribution >= 4 is 29.0 Å². The summed E-state index contributed by atoms with van der Waals surface area (Å²) in [5.74, 6) is -0.395. The molecule has 0 spiro atoms. The van der Waals surface area contributed by atoms with Crippen LogP contribution in [0.4, 0.5) is 5.69 Å². The number of aryl methyl sites for hydroxylation is 1. The number of carbonyl (C=O) groups excluding carboxylic acids is 2. The summed E-state index contributed by atoms with van der Waals surface area (Å²) in [7, 11) is 0. The maximum absolute atomic E-state index is 13.4. The van der Waals surface area contributed by atoms with Crippen LogP contribution in [0.3, 0.4) is 0 Å². The van der Waals surface area contributed by atoms with Gasteiger partial charge in [0.05, 0.1) is 6.26 Å². The molecule has 0 aliphatic rings. The van der Waals surface area contributed by atoms with Crippen molar-refractivity contribution in [1.29, 1.82) is 0 Å². The van der Waals surface area contributed by atoms with Crippen LogP contribution in [-0.4, -0.2) is 26.9 Å². The number of anilines is 1. The highest BCUT2D eigenvalue weighted by Crippen LogP contribution is 2.31. The summed E-state index contributed by atoms with van der Waals surface area (Å²) >= 11 is 1.08. The van der Waals surface area contributed by atoms with E-state index in [0.717, 1.165) is 23.5 Å². The highest BCUT2D eigenvalue weighted by atomic mass is 32.1. The van der Waals surface area contributed by atoms with E-state index in [1.165, 1.54) is 11.2 Å². The van der Waals surface area contributed by atoms with Crippen molar-refractivity contribution in [3.05, 3.63) is 65.1 Å². The molecule has 1 unspecified atom stereocenters. The van der Waals surface area contributed by atoms with E-state index in [4.69, 9.17) is 4.42 Å². The molecule has 1 aromatic carbocycles. The summed E-state index contributed by atoms with van der Waals surface area (Å²) in [5.41, 5.74) is 1.33. The number of nitrogens with one attached hydrogen (secondary N) is 1. The summed E-state index contributed by atoms with van der Waals surface area (Å²) < 4.78 is 9.37. The third-order valence-corrected chi connectivity index (χ3v) is 4.72. The van der Waals surface area contributed by atoms with Gasteiger partial charge in [0.15, 0.2) is 11.7 Å². The Balaban J connectivity index is 2.14. The molecule has 1 N–H and O–H groups in total. The molecule has 7 nitrogen and oxygen atoms in total. The van der Waals surface area contributed by atoms with E-state index in [1.54, 1.807) is 23.6 Å². The second-order valence-corrected chi connectivity index (χ2v) is 8.26. The number of carbonyl (C=O) groups is 2. The lowest BCUT2D eigenvalue weighted by molar-refractivity contribution is -0.124.